The molecule has 1 amide bonds. The summed E-state index contributed by atoms with van der Waals surface area (Å²) in [6, 6.07) is 0. The maximum absolute atomic E-state index is 10.6. The van der Waals surface area contributed by atoms with Crippen molar-refractivity contribution in [1.29, 1.82) is 0 Å². The lowest BCUT2D eigenvalue weighted by molar-refractivity contribution is -0.119. The van der Waals surface area contributed by atoms with Crippen LogP contribution in [0, 0.1) is 0 Å². The normalized spacial score (nSPS) is 12.5. The first-order valence-corrected chi connectivity index (χ1v) is 6.06. The molecule has 0 aliphatic rings. The van der Waals surface area contributed by atoms with Gasteiger partial charge >= 0.3 is 0 Å². The SMILES string of the molecule is CCCCCC(CC)OCCNC(C)=O. The molecule has 0 aliphatic heterocycles. The quantitative estimate of drug-likeness (QED) is 0.600. The molecule has 1 atom stereocenters. The monoisotopic (exact) mass is 215 g/mol. The largest absolute Gasteiger partial charge is 0.376 e. The second-order valence-corrected chi connectivity index (χ2v) is 3.88. The Bertz CT molecular complexity index is 160. The highest BCUT2D eigenvalue weighted by Crippen LogP contribution is 2.09. The third kappa shape index (κ3) is 9.73. The molecule has 0 aromatic heterocycles. The Morgan fingerprint density at radius 3 is 2.60 bits per heavy atom. The van der Waals surface area contributed by atoms with E-state index in [0.29, 0.717) is 19.3 Å². The van der Waals surface area contributed by atoms with E-state index in [0.717, 1.165) is 12.8 Å². The molecule has 0 saturated carbocycles. The molecule has 3 heteroatoms. The highest BCUT2D eigenvalue weighted by atomic mass is 16.5. The standard InChI is InChI=1S/C12H25NO2/c1-4-6-7-8-12(5-2)15-10-9-13-11(3)14/h12H,4-10H2,1-3H3,(H,13,14). The molecule has 1 unspecified atom stereocenters. The van der Waals surface area contributed by atoms with Crippen molar-refractivity contribution in [2.75, 3.05) is 13.2 Å². The fourth-order valence-electron chi connectivity index (χ4n) is 1.48. The second-order valence-electron chi connectivity index (χ2n) is 3.88. The summed E-state index contributed by atoms with van der Waals surface area (Å²) in [4.78, 5) is 10.6. The van der Waals surface area contributed by atoms with Crippen molar-refractivity contribution in [2.24, 2.45) is 0 Å². The highest BCUT2D eigenvalue weighted by Gasteiger charge is 2.05. The van der Waals surface area contributed by atoms with E-state index in [9.17, 15) is 4.79 Å². The lowest BCUT2D eigenvalue weighted by Gasteiger charge is -2.15. The number of hydrogen-bond donors (Lipinski definition) is 1. The van der Waals surface area contributed by atoms with Crippen LogP contribution in [0.5, 0.6) is 0 Å². The van der Waals surface area contributed by atoms with Crippen LogP contribution in [0.15, 0.2) is 0 Å². The van der Waals surface area contributed by atoms with Gasteiger partial charge in [-0.3, -0.25) is 4.79 Å². The summed E-state index contributed by atoms with van der Waals surface area (Å²) in [5.41, 5.74) is 0. The van der Waals surface area contributed by atoms with Gasteiger partial charge in [-0.05, 0) is 12.8 Å². The van der Waals surface area contributed by atoms with Gasteiger partial charge in [0, 0.05) is 13.5 Å². The molecule has 0 rings (SSSR count). The van der Waals surface area contributed by atoms with Crippen molar-refractivity contribution in [3.8, 4) is 0 Å². The number of unbranched alkanes of at least 4 members (excludes halogenated alkanes) is 2. The van der Waals surface area contributed by atoms with E-state index in [1.165, 1.54) is 26.2 Å². The van der Waals surface area contributed by atoms with Gasteiger partial charge in [0.15, 0.2) is 0 Å². The zero-order valence-electron chi connectivity index (χ0n) is 10.3. The topological polar surface area (TPSA) is 38.3 Å². The fraction of sp³-hybridized carbons (Fsp3) is 0.917. The molecule has 3 nitrogen and oxygen atoms in total. The Hall–Kier alpha value is -0.570. The average molecular weight is 215 g/mol. The van der Waals surface area contributed by atoms with Crippen LogP contribution in [-0.4, -0.2) is 25.2 Å². The van der Waals surface area contributed by atoms with Gasteiger partial charge in [-0.1, -0.05) is 33.1 Å². The molecule has 0 spiro atoms. The number of rotatable bonds is 9. The van der Waals surface area contributed by atoms with E-state index in [4.69, 9.17) is 4.74 Å². The Labute approximate surface area is 93.6 Å². The van der Waals surface area contributed by atoms with E-state index in [-0.39, 0.29) is 5.91 Å². The molecule has 0 bridgehead atoms. The first-order valence-electron chi connectivity index (χ1n) is 6.06. The summed E-state index contributed by atoms with van der Waals surface area (Å²) in [7, 11) is 0. The number of hydrogen-bond acceptors (Lipinski definition) is 2. The van der Waals surface area contributed by atoms with E-state index in [2.05, 4.69) is 19.2 Å². The lowest BCUT2D eigenvalue weighted by Crippen LogP contribution is -2.26. The molecule has 0 aliphatic carbocycles. The predicted molar refractivity (Wildman–Crippen MR) is 62.9 cm³/mol. The summed E-state index contributed by atoms with van der Waals surface area (Å²) < 4.78 is 5.67. The number of amides is 1. The lowest BCUT2D eigenvalue weighted by atomic mass is 10.1. The molecule has 1 N–H and O–H groups in total. The molecule has 0 radical (unpaired) electrons. The number of nitrogens with one attached hydrogen (secondary N) is 1. The minimum Gasteiger partial charge on any atom is -0.376 e. The molecule has 0 heterocycles. The Balaban J connectivity index is 3.39. The highest BCUT2D eigenvalue weighted by molar-refractivity contribution is 5.72. The van der Waals surface area contributed by atoms with E-state index in [1.54, 1.807) is 0 Å². The summed E-state index contributed by atoms with van der Waals surface area (Å²) in [6.45, 7) is 7.13. The molecule has 0 saturated heterocycles. The second kappa shape index (κ2) is 9.97. The first-order chi connectivity index (χ1) is 7.20. The maximum atomic E-state index is 10.6. The summed E-state index contributed by atoms with van der Waals surface area (Å²) in [6.07, 6.45) is 6.35. The van der Waals surface area contributed by atoms with Gasteiger partial charge in [0.25, 0.3) is 0 Å². The molecule has 0 fully saturated rings. The maximum Gasteiger partial charge on any atom is 0.216 e. The third-order valence-electron chi connectivity index (χ3n) is 2.41. The minimum atomic E-state index is 0.0117. The molecule has 0 aromatic carbocycles. The zero-order chi connectivity index (χ0) is 11.5. The zero-order valence-corrected chi connectivity index (χ0v) is 10.3. The average Bonchev–Trinajstić information content (AvgIpc) is 2.21. The van der Waals surface area contributed by atoms with Crippen LogP contribution < -0.4 is 5.32 Å². The number of carbonyl (C=O) groups is 1. The van der Waals surface area contributed by atoms with Crippen LogP contribution in [0.4, 0.5) is 0 Å². The van der Waals surface area contributed by atoms with Crippen LogP contribution in [0.25, 0.3) is 0 Å². The summed E-state index contributed by atoms with van der Waals surface area (Å²) in [5, 5.41) is 2.73. The molecular formula is C12H25NO2. The van der Waals surface area contributed by atoms with Gasteiger partial charge in [0.1, 0.15) is 0 Å². The van der Waals surface area contributed by atoms with E-state index in [1.807, 2.05) is 0 Å². The van der Waals surface area contributed by atoms with Crippen LogP contribution in [0.3, 0.4) is 0 Å². The van der Waals surface area contributed by atoms with Crippen molar-refractivity contribution < 1.29 is 9.53 Å². The smallest absolute Gasteiger partial charge is 0.216 e. The van der Waals surface area contributed by atoms with E-state index < -0.39 is 0 Å². The number of carbonyl (C=O) groups excluding carboxylic acids is 1. The van der Waals surface area contributed by atoms with Gasteiger partial charge in [0.05, 0.1) is 12.7 Å². The Kier molecular flexibility index (Phi) is 9.59. The summed E-state index contributed by atoms with van der Waals surface area (Å²) >= 11 is 0. The van der Waals surface area contributed by atoms with Crippen molar-refractivity contribution in [3.05, 3.63) is 0 Å². The van der Waals surface area contributed by atoms with Gasteiger partial charge in [-0.2, -0.15) is 0 Å². The van der Waals surface area contributed by atoms with Gasteiger partial charge < -0.3 is 10.1 Å². The number of ether oxygens (including phenoxy) is 1. The van der Waals surface area contributed by atoms with Crippen molar-refractivity contribution >= 4 is 5.91 Å². The molecule has 15 heavy (non-hydrogen) atoms. The van der Waals surface area contributed by atoms with Gasteiger partial charge in [-0.15, -0.1) is 0 Å². The van der Waals surface area contributed by atoms with E-state index >= 15 is 0 Å². The predicted octanol–water partition coefficient (Wildman–Crippen LogP) is 2.50. The van der Waals surface area contributed by atoms with Crippen LogP contribution in [0.1, 0.15) is 52.9 Å². The summed E-state index contributed by atoms with van der Waals surface area (Å²) in [5.74, 6) is 0.0117. The Morgan fingerprint density at radius 1 is 1.33 bits per heavy atom. The molecule has 90 valence electrons. The Morgan fingerprint density at radius 2 is 2.07 bits per heavy atom. The van der Waals surface area contributed by atoms with Crippen LogP contribution in [-0.2, 0) is 9.53 Å². The molecular weight excluding hydrogens is 190 g/mol. The third-order valence-corrected chi connectivity index (χ3v) is 2.41. The van der Waals surface area contributed by atoms with Crippen LogP contribution >= 0.6 is 0 Å². The van der Waals surface area contributed by atoms with Gasteiger partial charge in [-0.25, -0.2) is 0 Å². The van der Waals surface area contributed by atoms with Crippen molar-refractivity contribution in [3.63, 3.8) is 0 Å². The molecule has 0 aromatic rings. The van der Waals surface area contributed by atoms with Crippen molar-refractivity contribution in [1.82, 2.24) is 5.32 Å². The van der Waals surface area contributed by atoms with Gasteiger partial charge in [0.2, 0.25) is 5.91 Å². The van der Waals surface area contributed by atoms with Crippen LogP contribution in [0.2, 0.25) is 0 Å². The first kappa shape index (κ1) is 14.4. The fourth-order valence-corrected chi connectivity index (χ4v) is 1.48. The minimum absolute atomic E-state index is 0.0117. The van der Waals surface area contributed by atoms with Crippen molar-refractivity contribution in [2.45, 2.75) is 59.0 Å².